The van der Waals surface area contributed by atoms with E-state index in [9.17, 15) is 0 Å². The number of rotatable bonds is 2. The zero-order chi connectivity index (χ0) is 7.40. The van der Waals surface area contributed by atoms with E-state index in [-0.39, 0.29) is 0 Å². The van der Waals surface area contributed by atoms with Crippen LogP contribution in [0.3, 0.4) is 0 Å². The van der Waals surface area contributed by atoms with Crippen molar-refractivity contribution in [2.24, 2.45) is 5.11 Å². The van der Waals surface area contributed by atoms with Crippen molar-refractivity contribution in [3.8, 4) is 0 Å². The first kappa shape index (κ1) is 7.60. The first-order valence-corrected chi connectivity index (χ1v) is 4.24. The third-order valence-corrected chi connectivity index (χ3v) is 2.49. The van der Waals surface area contributed by atoms with Crippen molar-refractivity contribution in [2.75, 3.05) is 0 Å². The van der Waals surface area contributed by atoms with Gasteiger partial charge >= 0.3 is 0 Å². The van der Waals surface area contributed by atoms with Gasteiger partial charge in [-0.3, -0.25) is 0 Å². The van der Waals surface area contributed by atoms with E-state index in [1.54, 1.807) is 11.3 Å². The Bertz CT molecular complexity index is 264. The number of thiophene rings is 1. The van der Waals surface area contributed by atoms with Crippen molar-refractivity contribution in [1.82, 2.24) is 0 Å². The Labute approximate surface area is 70.4 Å². The van der Waals surface area contributed by atoms with Gasteiger partial charge in [0.1, 0.15) is 0 Å². The van der Waals surface area contributed by atoms with Gasteiger partial charge in [-0.1, -0.05) is 5.11 Å². The SMILES string of the molecule is [N-]=[N+]=NCc1csc(Br)c1. The van der Waals surface area contributed by atoms with Gasteiger partial charge in [0.25, 0.3) is 0 Å². The monoisotopic (exact) mass is 217 g/mol. The Kier molecular flexibility index (Phi) is 2.74. The molecule has 0 aliphatic carbocycles. The Morgan fingerprint density at radius 1 is 1.80 bits per heavy atom. The van der Waals surface area contributed by atoms with Crippen molar-refractivity contribution in [2.45, 2.75) is 6.54 Å². The molecule has 0 radical (unpaired) electrons. The number of azide groups is 1. The lowest BCUT2D eigenvalue weighted by atomic mass is 10.4. The topological polar surface area (TPSA) is 48.8 Å². The molecule has 5 heteroatoms. The van der Waals surface area contributed by atoms with Crippen molar-refractivity contribution in [1.29, 1.82) is 0 Å². The van der Waals surface area contributed by atoms with E-state index in [4.69, 9.17) is 5.53 Å². The van der Waals surface area contributed by atoms with Crippen molar-refractivity contribution in [3.05, 3.63) is 31.2 Å². The molecule has 0 fully saturated rings. The molecular formula is C5H4BrN3S. The highest BCUT2D eigenvalue weighted by atomic mass is 79.9. The fraction of sp³-hybridized carbons (Fsp3) is 0.200. The Morgan fingerprint density at radius 3 is 3.10 bits per heavy atom. The molecule has 0 N–H and O–H groups in total. The molecule has 10 heavy (non-hydrogen) atoms. The number of halogens is 1. The van der Waals surface area contributed by atoms with Gasteiger partial charge in [0, 0.05) is 4.91 Å². The second kappa shape index (κ2) is 3.61. The van der Waals surface area contributed by atoms with Gasteiger partial charge in [0.15, 0.2) is 0 Å². The van der Waals surface area contributed by atoms with Gasteiger partial charge in [-0.25, -0.2) is 0 Å². The predicted molar refractivity (Wildman–Crippen MR) is 44.9 cm³/mol. The fourth-order valence-corrected chi connectivity index (χ4v) is 1.74. The van der Waals surface area contributed by atoms with Crippen LogP contribution in [0.2, 0.25) is 0 Å². The molecule has 0 unspecified atom stereocenters. The van der Waals surface area contributed by atoms with Gasteiger partial charge in [0.2, 0.25) is 0 Å². The minimum Gasteiger partial charge on any atom is -0.137 e. The van der Waals surface area contributed by atoms with E-state index in [1.165, 1.54) is 0 Å². The summed E-state index contributed by atoms with van der Waals surface area (Å²) in [5.41, 5.74) is 9.04. The fourth-order valence-electron chi connectivity index (χ4n) is 0.542. The van der Waals surface area contributed by atoms with E-state index < -0.39 is 0 Å². The van der Waals surface area contributed by atoms with E-state index in [0.29, 0.717) is 6.54 Å². The van der Waals surface area contributed by atoms with Crippen LogP contribution in [0.4, 0.5) is 0 Å². The third-order valence-electron chi connectivity index (χ3n) is 0.938. The summed E-state index contributed by atoms with van der Waals surface area (Å²) < 4.78 is 1.07. The molecule has 1 aromatic heterocycles. The van der Waals surface area contributed by atoms with Gasteiger partial charge in [-0.15, -0.1) is 11.3 Å². The average Bonchev–Trinajstić information content (AvgIpc) is 2.31. The maximum absolute atomic E-state index is 7.98. The highest BCUT2D eigenvalue weighted by molar-refractivity contribution is 9.11. The first-order valence-electron chi connectivity index (χ1n) is 2.56. The smallest absolute Gasteiger partial charge is 0.0701 e. The minimum absolute atomic E-state index is 0.443. The summed E-state index contributed by atoms with van der Waals surface area (Å²) >= 11 is 4.90. The van der Waals surface area contributed by atoms with Crippen LogP contribution in [0.15, 0.2) is 20.3 Å². The highest BCUT2D eigenvalue weighted by Crippen LogP contribution is 2.20. The van der Waals surface area contributed by atoms with Crippen LogP contribution in [0.25, 0.3) is 10.4 Å². The van der Waals surface area contributed by atoms with E-state index in [1.807, 2.05) is 11.4 Å². The minimum atomic E-state index is 0.443. The van der Waals surface area contributed by atoms with Gasteiger partial charge < -0.3 is 0 Å². The molecule has 0 amide bonds. The summed E-state index contributed by atoms with van der Waals surface area (Å²) in [6.45, 7) is 0.443. The lowest BCUT2D eigenvalue weighted by molar-refractivity contribution is 1.06. The zero-order valence-electron chi connectivity index (χ0n) is 4.99. The molecule has 0 atom stereocenters. The molecule has 1 aromatic rings. The van der Waals surface area contributed by atoms with Crippen LogP contribution in [0.5, 0.6) is 0 Å². The predicted octanol–water partition coefficient (Wildman–Crippen LogP) is 3.32. The normalized spacial score (nSPS) is 8.90. The molecule has 0 aliphatic rings. The first-order chi connectivity index (χ1) is 4.83. The van der Waals surface area contributed by atoms with Gasteiger partial charge in [0.05, 0.1) is 10.3 Å². The molecule has 0 aliphatic heterocycles. The number of hydrogen-bond donors (Lipinski definition) is 0. The van der Waals surface area contributed by atoms with Crippen molar-refractivity contribution < 1.29 is 0 Å². The standard InChI is InChI=1S/C5H4BrN3S/c6-5-1-4(3-10-5)2-8-9-7/h1,3H,2H2. The van der Waals surface area contributed by atoms with Crippen LogP contribution in [0, 0.1) is 0 Å². The quantitative estimate of drug-likeness (QED) is 0.415. The van der Waals surface area contributed by atoms with Crippen LogP contribution in [-0.4, -0.2) is 0 Å². The Balaban J connectivity index is 2.66. The van der Waals surface area contributed by atoms with Crippen LogP contribution in [-0.2, 0) is 6.54 Å². The molecule has 1 rings (SSSR count). The molecule has 0 aromatic carbocycles. The lowest BCUT2D eigenvalue weighted by Crippen LogP contribution is -1.69. The summed E-state index contributed by atoms with van der Waals surface area (Å²) in [4.78, 5) is 2.65. The summed E-state index contributed by atoms with van der Waals surface area (Å²) in [5, 5.41) is 5.38. The molecule has 1 heterocycles. The van der Waals surface area contributed by atoms with Crippen LogP contribution in [0.1, 0.15) is 5.56 Å². The third kappa shape index (κ3) is 2.02. The second-order valence-corrected chi connectivity index (χ2v) is 3.94. The average molecular weight is 218 g/mol. The van der Waals surface area contributed by atoms with Crippen LogP contribution < -0.4 is 0 Å². The van der Waals surface area contributed by atoms with Gasteiger partial charge in [-0.05, 0) is 38.5 Å². The van der Waals surface area contributed by atoms with E-state index >= 15 is 0 Å². The van der Waals surface area contributed by atoms with E-state index in [0.717, 1.165) is 9.35 Å². The summed E-state index contributed by atoms with van der Waals surface area (Å²) in [6.07, 6.45) is 0. The molecule has 0 bridgehead atoms. The van der Waals surface area contributed by atoms with Crippen molar-refractivity contribution >= 4 is 27.3 Å². The number of hydrogen-bond acceptors (Lipinski definition) is 2. The number of nitrogens with zero attached hydrogens (tertiary/aromatic N) is 3. The molecule has 52 valence electrons. The molecular weight excluding hydrogens is 214 g/mol. The largest absolute Gasteiger partial charge is 0.137 e. The second-order valence-electron chi connectivity index (χ2n) is 1.65. The Morgan fingerprint density at radius 2 is 2.60 bits per heavy atom. The maximum atomic E-state index is 7.98. The summed E-state index contributed by atoms with van der Waals surface area (Å²) in [7, 11) is 0. The molecule has 0 saturated heterocycles. The lowest BCUT2D eigenvalue weighted by Gasteiger charge is -1.81. The van der Waals surface area contributed by atoms with Gasteiger partial charge in [-0.2, -0.15) is 0 Å². The van der Waals surface area contributed by atoms with E-state index in [2.05, 4.69) is 26.0 Å². The van der Waals surface area contributed by atoms with Crippen LogP contribution >= 0.6 is 27.3 Å². The molecule has 3 nitrogen and oxygen atoms in total. The highest BCUT2D eigenvalue weighted by Gasteiger charge is 1.93. The summed E-state index contributed by atoms with van der Waals surface area (Å²) in [6, 6.07) is 1.94. The summed E-state index contributed by atoms with van der Waals surface area (Å²) in [5.74, 6) is 0. The molecule has 0 spiro atoms. The van der Waals surface area contributed by atoms with Crippen molar-refractivity contribution in [3.63, 3.8) is 0 Å². The Hall–Kier alpha value is -0.510. The molecule has 0 saturated carbocycles. The zero-order valence-corrected chi connectivity index (χ0v) is 7.39. The maximum Gasteiger partial charge on any atom is 0.0701 e.